The van der Waals surface area contributed by atoms with Crippen LogP contribution in [0.5, 0.6) is 0 Å². The molecule has 0 heterocycles. The molecule has 0 spiro atoms. The van der Waals surface area contributed by atoms with E-state index in [0.717, 1.165) is 5.57 Å². The minimum atomic E-state index is -0.608. The maximum atomic E-state index is 11.9. The van der Waals surface area contributed by atoms with Crippen molar-refractivity contribution in [1.82, 2.24) is 0 Å². The molecule has 0 aliphatic heterocycles. The zero-order valence-corrected chi connectivity index (χ0v) is 12.1. The standard InChI is InChI=1S/C15H14O3.Ag/c1-9(2)7-8-12-13(16)10-5-3-4-6-11(10)14(17)15(12)18;/h3-7,16H,8H2,1-2H3;. The van der Waals surface area contributed by atoms with Crippen molar-refractivity contribution in [3.63, 3.8) is 0 Å². The second-order valence-corrected chi connectivity index (χ2v) is 4.52. The van der Waals surface area contributed by atoms with Crippen LogP contribution in [0.1, 0.15) is 36.2 Å². The minimum Gasteiger partial charge on any atom is -0.507 e. The van der Waals surface area contributed by atoms with Gasteiger partial charge in [-0.2, -0.15) is 0 Å². The molecular formula is C15H14AgO3. The Kier molecular flexibility index (Phi) is 5.06. The van der Waals surface area contributed by atoms with Crippen LogP contribution in [0.3, 0.4) is 0 Å². The van der Waals surface area contributed by atoms with E-state index in [1.54, 1.807) is 24.3 Å². The monoisotopic (exact) mass is 349 g/mol. The van der Waals surface area contributed by atoms with Crippen LogP contribution >= 0.6 is 0 Å². The zero-order chi connectivity index (χ0) is 13.3. The molecule has 4 heteroatoms. The maximum absolute atomic E-state index is 11.9. The SMILES string of the molecule is CC(C)=CCC1=C(O)c2ccccc2C(=O)C1=O.[Ag]. The molecule has 0 aromatic heterocycles. The number of hydrogen-bond donors (Lipinski definition) is 1. The van der Waals surface area contributed by atoms with E-state index in [1.165, 1.54) is 0 Å². The molecule has 1 aromatic carbocycles. The van der Waals surface area contributed by atoms with Crippen LogP contribution in [-0.4, -0.2) is 16.7 Å². The molecule has 0 unspecified atom stereocenters. The van der Waals surface area contributed by atoms with Crippen LogP contribution in [0.25, 0.3) is 5.76 Å². The number of benzene rings is 1. The second-order valence-electron chi connectivity index (χ2n) is 4.52. The van der Waals surface area contributed by atoms with E-state index in [9.17, 15) is 14.7 Å². The summed E-state index contributed by atoms with van der Waals surface area (Å²) in [4.78, 5) is 23.8. The first-order valence-corrected chi connectivity index (χ1v) is 5.76. The van der Waals surface area contributed by atoms with Gasteiger partial charge in [0.2, 0.25) is 11.6 Å². The largest absolute Gasteiger partial charge is 0.507 e. The van der Waals surface area contributed by atoms with Crippen LogP contribution in [0.4, 0.5) is 0 Å². The third kappa shape index (κ3) is 2.95. The van der Waals surface area contributed by atoms with Gasteiger partial charge in [0.05, 0.1) is 0 Å². The van der Waals surface area contributed by atoms with Gasteiger partial charge >= 0.3 is 0 Å². The summed E-state index contributed by atoms with van der Waals surface area (Å²) >= 11 is 0. The van der Waals surface area contributed by atoms with Crippen molar-refractivity contribution >= 4 is 17.3 Å². The van der Waals surface area contributed by atoms with Crippen LogP contribution in [0.2, 0.25) is 0 Å². The Labute approximate surface area is 127 Å². The average molecular weight is 350 g/mol. The van der Waals surface area contributed by atoms with Crippen molar-refractivity contribution in [2.75, 3.05) is 0 Å². The summed E-state index contributed by atoms with van der Waals surface area (Å²) in [5, 5.41) is 10.1. The molecule has 0 bridgehead atoms. The topological polar surface area (TPSA) is 54.4 Å². The molecule has 1 N–H and O–H groups in total. The summed E-state index contributed by atoms with van der Waals surface area (Å²) in [5.41, 5.74) is 1.94. The first kappa shape index (κ1) is 15.6. The molecule has 1 radical (unpaired) electrons. The van der Waals surface area contributed by atoms with Gasteiger partial charge in [-0.15, -0.1) is 0 Å². The fourth-order valence-electron chi connectivity index (χ4n) is 1.91. The summed E-state index contributed by atoms with van der Waals surface area (Å²) in [5.74, 6) is -1.23. The third-order valence-electron chi connectivity index (χ3n) is 2.91. The fourth-order valence-corrected chi connectivity index (χ4v) is 1.91. The van der Waals surface area contributed by atoms with E-state index >= 15 is 0 Å². The quantitative estimate of drug-likeness (QED) is 0.507. The molecule has 1 aliphatic carbocycles. The molecule has 0 saturated carbocycles. The Hall–Kier alpha value is -1.42. The average Bonchev–Trinajstić information content (AvgIpc) is 2.36. The number of Topliss-reactive ketones (excluding diaryl/α,β-unsaturated/α-hetero) is 2. The summed E-state index contributed by atoms with van der Waals surface area (Å²) in [6.45, 7) is 3.81. The van der Waals surface area contributed by atoms with Crippen LogP contribution in [0.15, 0.2) is 41.5 Å². The van der Waals surface area contributed by atoms with E-state index in [4.69, 9.17) is 0 Å². The van der Waals surface area contributed by atoms with E-state index in [0.29, 0.717) is 5.56 Å². The molecule has 0 amide bonds. The summed E-state index contributed by atoms with van der Waals surface area (Å²) in [6, 6.07) is 6.62. The van der Waals surface area contributed by atoms with Crippen molar-refractivity contribution in [1.29, 1.82) is 0 Å². The molecule has 3 nitrogen and oxygen atoms in total. The van der Waals surface area contributed by atoms with E-state index < -0.39 is 11.6 Å². The van der Waals surface area contributed by atoms with Crippen molar-refractivity contribution in [3.05, 3.63) is 52.6 Å². The third-order valence-corrected chi connectivity index (χ3v) is 2.91. The van der Waals surface area contributed by atoms with Gasteiger partial charge in [-0.1, -0.05) is 35.9 Å². The number of carbonyl (C=O) groups is 2. The maximum Gasteiger partial charge on any atom is 0.234 e. The van der Waals surface area contributed by atoms with Crippen molar-refractivity contribution in [2.24, 2.45) is 0 Å². The van der Waals surface area contributed by atoms with Crippen LogP contribution in [0, 0.1) is 0 Å². The summed E-state index contributed by atoms with van der Waals surface area (Å²) < 4.78 is 0. The summed E-state index contributed by atoms with van der Waals surface area (Å²) in [6.07, 6.45) is 2.11. The smallest absolute Gasteiger partial charge is 0.234 e. The molecular weight excluding hydrogens is 336 g/mol. The number of hydrogen-bond acceptors (Lipinski definition) is 3. The Morgan fingerprint density at radius 1 is 1.11 bits per heavy atom. The number of aliphatic hydroxyl groups excluding tert-OH is 1. The van der Waals surface area contributed by atoms with Crippen molar-refractivity contribution in [2.45, 2.75) is 20.3 Å². The Bertz CT molecular complexity index is 593. The van der Waals surface area contributed by atoms with Gasteiger partial charge in [0, 0.05) is 39.1 Å². The Morgan fingerprint density at radius 3 is 2.26 bits per heavy atom. The number of carbonyl (C=O) groups excluding carboxylic acids is 2. The molecule has 1 aliphatic rings. The fraction of sp³-hybridized carbons (Fsp3) is 0.200. The number of fused-ring (bicyclic) bond motifs is 1. The molecule has 19 heavy (non-hydrogen) atoms. The number of rotatable bonds is 2. The molecule has 2 rings (SSSR count). The predicted octanol–water partition coefficient (Wildman–Crippen LogP) is 3.07. The van der Waals surface area contributed by atoms with Crippen LogP contribution in [-0.2, 0) is 27.2 Å². The number of aliphatic hydroxyl groups is 1. The molecule has 0 saturated heterocycles. The first-order valence-electron chi connectivity index (χ1n) is 5.76. The first-order chi connectivity index (χ1) is 8.52. The zero-order valence-electron chi connectivity index (χ0n) is 10.7. The molecule has 0 atom stereocenters. The van der Waals surface area contributed by atoms with E-state index in [1.807, 2.05) is 19.9 Å². The normalized spacial score (nSPS) is 13.8. The van der Waals surface area contributed by atoms with Gasteiger partial charge in [0.1, 0.15) is 5.76 Å². The van der Waals surface area contributed by atoms with Crippen molar-refractivity contribution in [3.8, 4) is 0 Å². The van der Waals surface area contributed by atoms with Gasteiger partial charge in [0.25, 0.3) is 0 Å². The molecule has 103 valence electrons. The Morgan fingerprint density at radius 2 is 1.68 bits per heavy atom. The van der Waals surface area contributed by atoms with E-state index in [2.05, 4.69) is 0 Å². The second kappa shape index (κ2) is 6.15. The summed E-state index contributed by atoms with van der Waals surface area (Å²) in [7, 11) is 0. The molecule has 0 fully saturated rings. The van der Waals surface area contributed by atoms with Gasteiger partial charge < -0.3 is 5.11 Å². The van der Waals surface area contributed by atoms with Crippen molar-refractivity contribution < 1.29 is 37.1 Å². The Balaban J connectivity index is 0.00000180. The van der Waals surface area contributed by atoms with Gasteiger partial charge in [-0.3, -0.25) is 9.59 Å². The molecule has 1 aromatic rings. The predicted molar refractivity (Wildman–Crippen MR) is 69.4 cm³/mol. The van der Waals surface area contributed by atoms with Gasteiger partial charge in [-0.25, -0.2) is 0 Å². The number of ketones is 2. The minimum absolute atomic E-state index is 0. The number of allylic oxidation sites excluding steroid dienone is 3. The van der Waals surface area contributed by atoms with Gasteiger partial charge in [0.15, 0.2) is 0 Å². The van der Waals surface area contributed by atoms with E-state index in [-0.39, 0.29) is 45.7 Å². The van der Waals surface area contributed by atoms with Gasteiger partial charge in [-0.05, 0) is 20.3 Å². The van der Waals surface area contributed by atoms with Crippen LogP contribution < -0.4 is 0 Å².